The van der Waals surface area contributed by atoms with Gasteiger partial charge in [-0.25, -0.2) is 0 Å². The highest BCUT2D eigenvalue weighted by Gasteiger charge is 2.53. The van der Waals surface area contributed by atoms with E-state index in [0.29, 0.717) is 38.0 Å². The molecule has 3 amide bonds. The third-order valence-corrected chi connectivity index (χ3v) is 6.70. The van der Waals surface area contributed by atoms with Crippen molar-refractivity contribution in [2.24, 2.45) is 11.8 Å². The standard InChI is InChI=1S/C22H30N4O3/c1-25(2)21(29)18-13-26(20(28)16-7-5-11-23-12-16)14-22(18)10-9-15-6-3-4-8-17(15)19(27)24-22/h3-4,6,8,16,18,23H,5,7,9-14H2,1-2H3,(H,24,27)/t16-,18+,22-/m0/s1. The van der Waals surface area contributed by atoms with Crippen LogP contribution in [0.1, 0.15) is 35.2 Å². The van der Waals surface area contributed by atoms with Crippen LogP contribution in [0.2, 0.25) is 0 Å². The minimum atomic E-state index is -0.727. The van der Waals surface area contributed by atoms with Crippen LogP contribution in [0.5, 0.6) is 0 Å². The molecule has 3 aliphatic rings. The molecule has 1 aromatic carbocycles. The normalized spacial score (nSPS) is 29.2. The summed E-state index contributed by atoms with van der Waals surface area (Å²) in [6.07, 6.45) is 3.22. The number of benzene rings is 1. The van der Waals surface area contributed by atoms with Gasteiger partial charge in [-0.15, -0.1) is 0 Å². The number of hydrogen-bond acceptors (Lipinski definition) is 4. The maximum absolute atomic E-state index is 13.2. The fraction of sp³-hybridized carbons (Fsp3) is 0.591. The highest BCUT2D eigenvalue weighted by atomic mass is 16.2. The number of nitrogens with one attached hydrogen (secondary N) is 2. The van der Waals surface area contributed by atoms with E-state index >= 15 is 0 Å². The summed E-state index contributed by atoms with van der Waals surface area (Å²) >= 11 is 0. The van der Waals surface area contributed by atoms with E-state index < -0.39 is 11.5 Å². The third-order valence-electron chi connectivity index (χ3n) is 6.70. The fourth-order valence-corrected chi connectivity index (χ4v) is 5.08. The molecule has 0 radical (unpaired) electrons. The molecule has 29 heavy (non-hydrogen) atoms. The molecular weight excluding hydrogens is 368 g/mol. The van der Waals surface area contributed by atoms with Crippen LogP contribution in [0.4, 0.5) is 0 Å². The van der Waals surface area contributed by atoms with Crippen LogP contribution in [-0.2, 0) is 16.0 Å². The van der Waals surface area contributed by atoms with Crippen LogP contribution in [0.3, 0.4) is 0 Å². The van der Waals surface area contributed by atoms with Gasteiger partial charge in [-0.2, -0.15) is 0 Å². The summed E-state index contributed by atoms with van der Waals surface area (Å²) in [5.41, 5.74) is 0.940. The predicted octanol–water partition coefficient (Wildman–Crippen LogP) is 0.648. The maximum atomic E-state index is 13.2. The number of fused-ring (bicyclic) bond motifs is 1. The molecule has 0 bridgehead atoms. The Labute approximate surface area is 171 Å². The Morgan fingerprint density at radius 2 is 2.03 bits per heavy atom. The number of carbonyl (C=O) groups excluding carboxylic acids is 3. The van der Waals surface area contributed by atoms with E-state index in [4.69, 9.17) is 0 Å². The molecule has 3 heterocycles. The lowest BCUT2D eigenvalue weighted by atomic mass is 9.81. The first-order valence-corrected chi connectivity index (χ1v) is 10.5. The predicted molar refractivity (Wildman–Crippen MR) is 109 cm³/mol. The lowest BCUT2D eigenvalue weighted by Gasteiger charge is -2.35. The Hall–Kier alpha value is -2.41. The maximum Gasteiger partial charge on any atom is 0.252 e. The Balaban J connectivity index is 1.63. The van der Waals surface area contributed by atoms with E-state index in [-0.39, 0.29) is 23.6 Å². The molecule has 7 nitrogen and oxygen atoms in total. The van der Waals surface area contributed by atoms with Crippen molar-refractivity contribution in [3.8, 4) is 0 Å². The highest BCUT2D eigenvalue weighted by Crippen LogP contribution is 2.37. The zero-order chi connectivity index (χ0) is 20.6. The van der Waals surface area contributed by atoms with E-state index in [0.717, 1.165) is 24.9 Å². The molecule has 1 spiro atoms. The Kier molecular flexibility index (Phi) is 5.34. The quantitative estimate of drug-likeness (QED) is 0.766. The summed E-state index contributed by atoms with van der Waals surface area (Å²) in [5, 5.41) is 6.49. The van der Waals surface area contributed by atoms with Crippen molar-refractivity contribution in [1.82, 2.24) is 20.4 Å². The minimum absolute atomic E-state index is 0.0340. The van der Waals surface area contributed by atoms with Gasteiger partial charge in [0.05, 0.1) is 17.4 Å². The van der Waals surface area contributed by atoms with Crippen molar-refractivity contribution in [1.29, 1.82) is 0 Å². The largest absolute Gasteiger partial charge is 0.348 e. The van der Waals surface area contributed by atoms with Gasteiger partial charge >= 0.3 is 0 Å². The summed E-state index contributed by atoms with van der Waals surface area (Å²) in [6, 6.07) is 7.60. The Morgan fingerprint density at radius 3 is 2.76 bits per heavy atom. The van der Waals surface area contributed by atoms with Gasteiger partial charge in [0.2, 0.25) is 11.8 Å². The molecule has 0 aliphatic carbocycles. The molecule has 156 valence electrons. The van der Waals surface area contributed by atoms with Gasteiger partial charge in [-0.3, -0.25) is 14.4 Å². The zero-order valence-electron chi connectivity index (χ0n) is 17.2. The molecule has 7 heteroatoms. The first-order valence-electron chi connectivity index (χ1n) is 10.5. The van der Waals surface area contributed by atoms with Gasteiger partial charge in [0, 0.05) is 39.3 Å². The Morgan fingerprint density at radius 1 is 1.24 bits per heavy atom. The molecule has 2 N–H and O–H groups in total. The van der Waals surface area contributed by atoms with Gasteiger partial charge in [-0.05, 0) is 43.9 Å². The average Bonchev–Trinajstić information content (AvgIpc) is 3.03. The molecule has 4 rings (SSSR count). The topological polar surface area (TPSA) is 81.8 Å². The molecule has 3 aliphatic heterocycles. The zero-order valence-corrected chi connectivity index (χ0v) is 17.2. The summed E-state index contributed by atoms with van der Waals surface area (Å²) in [6.45, 7) is 2.39. The van der Waals surface area contributed by atoms with Crippen LogP contribution in [-0.4, -0.2) is 73.3 Å². The molecule has 2 saturated heterocycles. The molecule has 0 unspecified atom stereocenters. The van der Waals surface area contributed by atoms with Crippen molar-refractivity contribution in [2.75, 3.05) is 40.3 Å². The number of nitrogens with zero attached hydrogens (tertiary/aromatic N) is 2. The number of piperidine rings is 1. The lowest BCUT2D eigenvalue weighted by Crippen LogP contribution is -2.57. The number of aryl methyl sites for hydroxylation is 1. The Bertz CT molecular complexity index is 818. The number of carbonyl (C=O) groups is 3. The van der Waals surface area contributed by atoms with Gasteiger partial charge < -0.3 is 20.4 Å². The number of hydrogen-bond donors (Lipinski definition) is 2. The van der Waals surface area contributed by atoms with Crippen LogP contribution in [0, 0.1) is 11.8 Å². The smallest absolute Gasteiger partial charge is 0.252 e. The molecule has 2 fully saturated rings. The van der Waals surface area contributed by atoms with Crippen LogP contribution in [0.25, 0.3) is 0 Å². The van der Waals surface area contributed by atoms with Gasteiger partial charge in [-0.1, -0.05) is 18.2 Å². The molecule has 0 aromatic heterocycles. The van der Waals surface area contributed by atoms with E-state index in [9.17, 15) is 14.4 Å². The SMILES string of the molecule is CN(C)C(=O)[C@H]1CN(C(=O)[C@H]2CCCNC2)C[C@@]12CCc1ccccc1C(=O)N2. The highest BCUT2D eigenvalue weighted by molar-refractivity contribution is 5.97. The molecular formula is C22H30N4O3. The van der Waals surface area contributed by atoms with Crippen LogP contribution in [0.15, 0.2) is 24.3 Å². The third kappa shape index (κ3) is 3.64. The van der Waals surface area contributed by atoms with E-state index in [1.807, 2.05) is 29.2 Å². The summed E-state index contributed by atoms with van der Waals surface area (Å²) in [7, 11) is 3.47. The van der Waals surface area contributed by atoms with Crippen molar-refractivity contribution < 1.29 is 14.4 Å². The van der Waals surface area contributed by atoms with Gasteiger partial charge in [0.25, 0.3) is 5.91 Å². The number of amides is 3. The van der Waals surface area contributed by atoms with Crippen molar-refractivity contribution >= 4 is 17.7 Å². The second-order valence-electron chi connectivity index (χ2n) is 8.81. The monoisotopic (exact) mass is 398 g/mol. The first-order chi connectivity index (χ1) is 13.9. The molecule has 0 saturated carbocycles. The van der Waals surface area contributed by atoms with E-state index in [2.05, 4.69) is 10.6 Å². The van der Waals surface area contributed by atoms with E-state index in [1.54, 1.807) is 19.0 Å². The first kappa shape index (κ1) is 19.9. The fourth-order valence-electron chi connectivity index (χ4n) is 5.08. The lowest BCUT2D eigenvalue weighted by molar-refractivity contribution is -0.136. The van der Waals surface area contributed by atoms with Crippen molar-refractivity contribution in [3.05, 3.63) is 35.4 Å². The minimum Gasteiger partial charge on any atom is -0.348 e. The molecule has 1 aromatic rings. The van der Waals surface area contributed by atoms with Crippen LogP contribution < -0.4 is 10.6 Å². The molecule has 3 atom stereocenters. The second kappa shape index (κ2) is 7.78. The second-order valence-corrected chi connectivity index (χ2v) is 8.81. The van der Waals surface area contributed by atoms with Gasteiger partial charge in [0.15, 0.2) is 0 Å². The van der Waals surface area contributed by atoms with Crippen molar-refractivity contribution in [2.45, 2.75) is 31.2 Å². The average molecular weight is 399 g/mol. The van der Waals surface area contributed by atoms with Crippen LogP contribution >= 0.6 is 0 Å². The number of likely N-dealkylation sites (tertiary alicyclic amines) is 1. The number of rotatable bonds is 2. The summed E-state index contributed by atoms with van der Waals surface area (Å²) in [5.74, 6) is -0.567. The summed E-state index contributed by atoms with van der Waals surface area (Å²) < 4.78 is 0. The summed E-state index contributed by atoms with van der Waals surface area (Å²) in [4.78, 5) is 42.7. The van der Waals surface area contributed by atoms with Crippen molar-refractivity contribution in [3.63, 3.8) is 0 Å². The van der Waals surface area contributed by atoms with Gasteiger partial charge in [0.1, 0.15) is 0 Å². The van der Waals surface area contributed by atoms with E-state index in [1.165, 1.54) is 0 Å².